The molecular formula is C7H8N4O. The maximum atomic E-state index is 5.78. The maximum Gasteiger partial charge on any atom is 0.149 e. The molecule has 0 bridgehead atoms. The van der Waals surface area contributed by atoms with Crippen LogP contribution in [0.4, 0.5) is 0 Å². The van der Waals surface area contributed by atoms with Crippen LogP contribution in [0.1, 0.15) is 17.6 Å². The number of H-pyrrole nitrogens is 1. The average Bonchev–Trinajstić information content (AvgIpc) is 2.77. The normalized spacial score (nSPS) is 13.1. The molecule has 0 aliphatic carbocycles. The lowest BCUT2D eigenvalue weighted by molar-refractivity contribution is 0.482. The van der Waals surface area contributed by atoms with Gasteiger partial charge in [0, 0.05) is 0 Å². The second-order valence-electron chi connectivity index (χ2n) is 2.36. The smallest absolute Gasteiger partial charge is 0.149 e. The van der Waals surface area contributed by atoms with E-state index in [0.29, 0.717) is 11.6 Å². The number of aromatic nitrogens is 3. The topological polar surface area (TPSA) is 80.7 Å². The van der Waals surface area contributed by atoms with E-state index in [-0.39, 0.29) is 6.04 Å². The Bertz CT molecular complexity index is 292. The first-order chi connectivity index (χ1) is 5.88. The van der Waals surface area contributed by atoms with Gasteiger partial charge in [0.05, 0.1) is 6.26 Å². The average molecular weight is 164 g/mol. The summed E-state index contributed by atoms with van der Waals surface area (Å²) in [5, 5.41) is 6.37. The number of nitrogens with two attached hydrogens (primary N) is 1. The van der Waals surface area contributed by atoms with Gasteiger partial charge in [-0.3, -0.25) is 5.10 Å². The van der Waals surface area contributed by atoms with E-state index < -0.39 is 0 Å². The van der Waals surface area contributed by atoms with Crippen LogP contribution in [-0.4, -0.2) is 15.2 Å². The van der Waals surface area contributed by atoms with Crippen molar-refractivity contribution in [3.05, 3.63) is 36.3 Å². The Kier molecular flexibility index (Phi) is 1.64. The van der Waals surface area contributed by atoms with Crippen LogP contribution in [0.2, 0.25) is 0 Å². The minimum atomic E-state index is -0.359. The number of hydrogen-bond donors (Lipinski definition) is 2. The van der Waals surface area contributed by atoms with Gasteiger partial charge < -0.3 is 10.2 Å². The van der Waals surface area contributed by atoms with Gasteiger partial charge in [-0.2, -0.15) is 5.10 Å². The van der Waals surface area contributed by atoms with Crippen molar-refractivity contribution in [2.24, 2.45) is 5.73 Å². The van der Waals surface area contributed by atoms with E-state index in [0.717, 1.165) is 0 Å². The summed E-state index contributed by atoms with van der Waals surface area (Å²) in [4.78, 5) is 3.92. The van der Waals surface area contributed by atoms with Crippen molar-refractivity contribution >= 4 is 0 Å². The van der Waals surface area contributed by atoms with Crippen LogP contribution in [0, 0.1) is 0 Å². The van der Waals surface area contributed by atoms with Crippen molar-refractivity contribution in [2.45, 2.75) is 6.04 Å². The standard InChI is InChI=1S/C7H8N4O/c8-6(5-2-1-3-12-5)7-9-4-10-11-7/h1-4,6H,8H2,(H,9,10,11). The molecule has 0 aromatic carbocycles. The third kappa shape index (κ3) is 1.10. The number of hydrogen-bond acceptors (Lipinski definition) is 4. The lowest BCUT2D eigenvalue weighted by Gasteiger charge is -2.02. The molecule has 3 N–H and O–H groups in total. The van der Waals surface area contributed by atoms with Gasteiger partial charge in [-0.15, -0.1) is 0 Å². The number of nitrogens with one attached hydrogen (secondary N) is 1. The lowest BCUT2D eigenvalue weighted by atomic mass is 10.2. The van der Waals surface area contributed by atoms with Gasteiger partial charge in [0.1, 0.15) is 24.0 Å². The maximum absolute atomic E-state index is 5.78. The van der Waals surface area contributed by atoms with Gasteiger partial charge in [0.25, 0.3) is 0 Å². The first kappa shape index (κ1) is 7.05. The molecule has 12 heavy (non-hydrogen) atoms. The Labute approximate surface area is 68.6 Å². The second-order valence-corrected chi connectivity index (χ2v) is 2.36. The van der Waals surface area contributed by atoms with Gasteiger partial charge >= 0.3 is 0 Å². The summed E-state index contributed by atoms with van der Waals surface area (Å²) in [7, 11) is 0. The van der Waals surface area contributed by atoms with Gasteiger partial charge in [0.15, 0.2) is 0 Å². The van der Waals surface area contributed by atoms with Crippen molar-refractivity contribution in [1.82, 2.24) is 15.2 Å². The predicted octanol–water partition coefficient (Wildman–Crippen LogP) is 0.446. The van der Waals surface area contributed by atoms with E-state index in [1.807, 2.05) is 0 Å². The summed E-state index contributed by atoms with van der Waals surface area (Å²) in [5.74, 6) is 1.27. The van der Waals surface area contributed by atoms with Crippen molar-refractivity contribution < 1.29 is 4.42 Å². The molecule has 62 valence electrons. The second kappa shape index (κ2) is 2.78. The van der Waals surface area contributed by atoms with Crippen LogP contribution in [0.5, 0.6) is 0 Å². The third-order valence-corrected chi connectivity index (χ3v) is 1.58. The Morgan fingerprint density at radius 3 is 3.08 bits per heavy atom. The SMILES string of the molecule is NC(c1ncn[nH]1)c1ccco1. The van der Waals surface area contributed by atoms with Crippen molar-refractivity contribution in [3.63, 3.8) is 0 Å². The zero-order valence-electron chi connectivity index (χ0n) is 6.27. The Morgan fingerprint density at radius 1 is 1.58 bits per heavy atom. The Hall–Kier alpha value is -1.62. The number of furan rings is 1. The fourth-order valence-electron chi connectivity index (χ4n) is 0.968. The van der Waals surface area contributed by atoms with Crippen LogP contribution in [0.3, 0.4) is 0 Å². The zero-order chi connectivity index (χ0) is 8.39. The van der Waals surface area contributed by atoms with Gasteiger partial charge in [-0.25, -0.2) is 4.98 Å². The monoisotopic (exact) mass is 164 g/mol. The summed E-state index contributed by atoms with van der Waals surface area (Å²) in [6.07, 6.45) is 2.99. The molecule has 0 amide bonds. The molecule has 2 aromatic rings. The first-order valence-corrected chi connectivity index (χ1v) is 3.52. The molecule has 0 fully saturated rings. The zero-order valence-corrected chi connectivity index (χ0v) is 6.27. The molecular weight excluding hydrogens is 156 g/mol. The first-order valence-electron chi connectivity index (χ1n) is 3.52. The molecule has 0 radical (unpaired) electrons. The molecule has 1 unspecified atom stereocenters. The van der Waals surface area contributed by atoms with Crippen LogP contribution >= 0.6 is 0 Å². The molecule has 5 heteroatoms. The fourth-order valence-corrected chi connectivity index (χ4v) is 0.968. The van der Waals surface area contributed by atoms with Crippen molar-refractivity contribution in [2.75, 3.05) is 0 Å². The molecule has 0 spiro atoms. The molecule has 0 aliphatic rings. The molecule has 2 rings (SSSR count). The summed E-state index contributed by atoms with van der Waals surface area (Å²) < 4.78 is 5.11. The molecule has 0 saturated heterocycles. The van der Waals surface area contributed by atoms with E-state index in [2.05, 4.69) is 15.2 Å². The minimum Gasteiger partial charge on any atom is -0.467 e. The molecule has 2 aromatic heterocycles. The summed E-state index contributed by atoms with van der Waals surface area (Å²) in [5.41, 5.74) is 5.78. The molecule has 5 nitrogen and oxygen atoms in total. The minimum absolute atomic E-state index is 0.359. The molecule has 0 aliphatic heterocycles. The highest BCUT2D eigenvalue weighted by Gasteiger charge is 2.13. The van der Waals surface area contributed by atoms with E-state index in [9.17, 15) is 0 Å². The number of aromatic amines is 1. The van der Waals surface area contributed by atoms with E-state index in [1.54, 1.807) is 18.4 Å². The van der Waals surface area contributed by atoms with E-state index in [1.165, 1.54) is 6.33 Å². The Balaban J connectivity index is 2.27. The molecule has 2 heterocycles. The quantitative estimate of drug-likeness (QED) is 0.675. The molecule has 0 saturated carbocycles. The van der Waals surface area contributed by atoms with Gasteiger partial charge in [-0.1, -0.05) is 0 Å². The highest BCUT2D eigenvalue weighted by Crippen LogP contribution is 2.14. The summed E-state index contributed by atoms with van der Waals surface area (Å²) in [6.45, 7) is 0. The van der Waals surface area contributed by atoms with Crippen LogP contribution < -0.4 is 5.73 Å². The number of rotatable bonds is 2. The third-order valence-electron chi connectivity index (χ3n) is 1.58. The van der Waals surface area contributed by atoms with Crippen LogP contribution in [0.25, 0.3) is 0 Å². The Morgan fingerprint density at radius 2 is 2.50 bits per heavy atom. The molecule has 1 atom stereocenters. The van der Waals surface area contributed by atoms with Crippen LogP contribution in [-0.2, 0) is 0 Å². The van der Waals surface area contributed by atoms with Crippen LogP contribution in [0.15, 0.2) is 29.1 Å². The van der Waals surface area contributed by atoms with E-state index >= 15 is 0 Å². The van der Waals surface area contributed by atoms with Crippen molar-refractivity contribution in [3.8, 4) is 0 Å². The van der Waals surface area contributed by atoms with E-state index in [4.69, 9.17) is 10.2 Å². The largest absolute Gasteiger partial charge is 0.467 e. The highest BCUT2D eigenvalue weighted by atomic mass is 16.3. The van der Waals surface area contributed by atoms with Gasteiger partial charge in [0.2, 0.25) is 0 Å². The predicted molar refractivity (Wildman–Crippen MR) is 41.1 cm³/mol. The number of nitrogens with zero attached hydrogens (tertiary/aromatic N) is 2. The van der Waals surface area contributed by atoms with Crippen molar-refractivity contribution in [1.29, 1.82) is 0 Å². The lowest BCUT2D eigenvalue weighted by Crippen LogP contribution is -2.12. The fraction of sp³-hybridized carbons (Fsp3) is 0.143. The highest BCUT2D eigenvalue weighted by molar-refractivity contribution is 5.12. The van der Waals surface area contributed by atoms with Gasteiger partial charge in [-0.05, 0) is 12.1 Å². The summed E-state index contributed by atoms with van der Waals surface area (Å²) in [6, 6.07) is 3.22. The summed E-state index contributed by atoms with van der Waals surface area (Å²) >= 11 is 0.